The molecular weight excluding hydrogens is 284 g/mol. The van der Waals surface area contributed by atoms with E-state index < -0.39 is 5.60 Å². The van der Waals surface area contributed by atoms with E-state index >= 15 is 0 Å². The molecule has 116 valence electrons. The van der Waals surface area contributed by atoms with Crippen LogP contribution in [0.2, 0.25) is 0 Å². The quantitative estimate of drug-likeness (QED) is 0.786. The second-order valence-electron chi connectivity index (χ2n) is 5.85. The molecule has 1 saturated heterocycles. The van der Waals surface area contributed by atoms with Crippen LogP contribution in [0.3, 0.4) is 0 Å². The fraction of sp³-hybridized carbons (Fsp3) is 0.562. The molecule has 0 radical (unpaired) electrons. The average Bonchev–Trinajstić information content (AvgIpc) is 2.45. The summed E-state index contributed by atoms with van der Waals surface area (Å²) in [5, 5.41) is 10.7. The van der Waals surface area contributed by atoms with E-state index in [-0.39, 0.29) is 6.04 Å². The summed E-state index contributed by atoms with van der Waals surface area (Å²) < 4.78 is 5.34. The Morgan fingerprint density at radius 1 is 1.38 bits per heavy atom. The normalized spacial score (nSPS) is 19.4. The van der Waals surface area contributed by atoms with E-state index in [0.717, 1.165) is 0 Å². The molecule has 5 heteroatoms. The third-order valence-corrected chi connectivity index (χ3v) is 4.24. The van der Waals surface area contributed by atoms with Gasteiger partial charge in [-0.3, -0.25) is 4.90 Å². The van der Waals surface area contributed by atoms with Gasteiger partial charge in [0.15, 0.2) is 0 Å². The molecular formula is C16H24N2O2S. The first-order chi connectivity index (χ1) is 10.0. The Hall–Kier alpha value is -1.01. The summed E-state index contributed by atoms with van der Waals surface area (Å²) in [5.41, 5.74) is 6.24. The molecule has 1 aromatic carbocycles. The summed E-state index contributed by atoms with van der Waals surface area (Å²) in [6.45, 7) is 1.84. The van der Waals surface area contributed by atoms with E-state index in [2.05, 4.69) is 17.0 Å². The Morgan fingerprint density at radius 3 is 2.57 bits per heavy atom. The van der Waals surface area contributed by atoms with Crippen LogP contribution >= 0.6 is 12.2 Å². The Bertz CT molecular complexity index is 461. The van der Waals surface area contributed by atoms with Crippen LogP contribution in [0.25, 0.3) is 0 Å². The molecule has 1 fully saturated rings. The highest BCUT2D eigenvalue weighted by atomic mass is 32.1. The Balaban J connectivity index is 2.10. The summed E-state index contributed by atoms with van der Waals surface area (Å²) in [7, 11) is 2.02. The topological polar surface area (TPSA) is 58.7 Å². The molecule has 0 saturated carbocycles. The van der Waals surface area contributed by atoms with Crippen LogP contribution in [-0.2, 0) is 4.74 Å². The van der Waals surface area contributed by atoms with E-state index in [1.165, 1.54) is 5.56 Å². The molecule has 0 bridgehead atoms. The lowest BCUT2D eigenvalue weighted by Gasteiger charge is -2.38. The molecule has 0 aliphatic carbocycles. The van der Waals surface area contributed by atoms with Crippen molar-refractivity contribution in [2.24, 2.45) is 5.73 Å². The van der Waals surface area contributed by atoms with Gasteiger partial charge in [0.1, 0.15) is 0 Å². The molecule has 0 amide bonds. The summed E-state index contributed by atoms with van der Waals surface area (Å²) in [4.78, 5) is 2.65. The molecule has 0 spiro atoms. The predicted molar refractivity (Wildman–Crippen MR) is 88.2 cm³/mol. The number of aliphatic hydroxyl groups is 1. The molecule has 1 unspecified atom stereocenters. The summed E-state index contributed by atoms with van der Waals surface area (Å²) in [6.07, 6.45) is 1.96. The van der Waals surface area contributed by atoms with Crippen molar-refractivity contribution in [1.82, 2.24) is 4.90 Å². The van der Waals surface area contributed by atoms with Crippen LogP contribution in [0.4, 0.5) is 0 Å². The van der Waals surface area contributed by atoms with Gasteiger partial charge in [-0.25, -0.2) is 0 Å². The van der Waals surface area contributed by atoms with E-state index in [1.807, 2.05) is 25.2 Å². The molecule has 2 rings (SSSR count). The Kier molecular flexibility index (Phi) is 5.70. The van der Waals surface area contributed by atoms with Crippen LogP contribution in [0.15, 0.2) is 30.3 Å². The third-order valence-electron chi connectivity index (χ3n) is 4.08. The zero-order chi connectivity index (χ0) is 15.3. The number of ether oxygens (including phenoxy) is 1. The van der Waals surface area contributed by atoms with Gasteiger partial charge in [0.05, 0.1) is 10.6 Å². The number of thiocarbonyl (C=S) groups is 1. The minimum Gasteiger partial charge on any atom is -0.393 e. The van der Waals surface area contributed by atoms with Gasteiger partial charge in [-0.15, -0.1) is 0 Å². The predicted octanol–water partition coefficient (Wildman–Crippen LogP) is 1.88. The molecule has 3 N–H and O–H groups in total. The highest BCUT2D eigenvalue weighted by Gasteiger charge is 2.33. The van der Waals surface area contributed by atoms with Gasteiger partial charge in [-0.2, -0.15) is 0 Å². The van der Waals surface area contributed by atoms with Crippen molar-refractivity contribution in [2.45, 2.75) is 30.9 Å². The zero-order valence-corrected chi connectivity index (χ0v) is 13.3. The average molecular weight is 308 g/mol. The SMILES string of the molecule is CN(CC1(O)CCOCC1)C(CC(N)=S)c1ccccc1. The van der Waals surface area contributed by atoms with Gasteiger partial charge in [-0.1, -0.05) is 42.5 Å². The second-order valence-corrected chi connectivity index (χ2v) is 6.37. The first-order valence-electron chi connectivity index (χ1n) is 7.34. The van der Waals surface area contributed by atoms with Crippen molar-refractivity contribution in [3.05, 3.63) is 35.9 Å². The Labute approximate surface area is 131 Å². The number of benzene rings is 1. The van der Waals surface area contributed by atoms with Crippen molar-refractivity contribution < 1.29 is 9.84 Å². The van der Waals surface area contributed by atoms with Crippen LogP contribution in [0.1, 0.15) is 30.9 Å². The van der Waals surface area contributed by atoms with Gasteiger partial charge < -0.3 is 15.6 Å². The van der Waals surface area contributed by atoms with Gasteiger partial charge in [-0.05, 0) is 12.6 Å². The lowest BCUT2D eigenvalue weighted by atomic mass is 9.92. The number of nitrogens with zero attached hydrogens (tertiary/aromatic N) is 1. The lowest BCUT2D eigenvalue weighted by molar-refractivity contribution is -0.0813. The minimum atomic E-state index is -0.684. The van der Waals surface area contributed by atoms with Crippen LogP contribution in [0.5, 0.6) is 0 Å². The Morgan fingerprint density at radius 2 is 2.00 bits per heavy atom. The molecule has 4 nitrogen and oxygen atoms in total. The van der Waals surface area contributed by atoms with Crippen molar-refractivity contribution in [3.63, 3.8) is 0 Å². The van der Waals surface area contributed by atoms with Gasteiger partial charge in [0, 0.05) is 45.1 Å². The number of nitrogens with two attached hydrogens (primary N) is 1. The summed E-state index contributed by atoms with van der Waals surface area (Å²) in [5.74, 6) is 0. The van der Waals surface area contributed by atoms with Crippen LogP contribution in [0, 0.1) is 0 Å². The molecule has 1 aromatic rings. The molecule has 1 aliphatic heterocycles. The lowest BCUT2D eigenvalue weighted by Crippen LogP contribution is -2.47. The van der Waals surface area contributed by atoms with Crippen LogP contribution < -0.4 is 5.73 Å². The maximum atomic E-state index is 10.7. The monoisotopic (exact) mass is 308 g/mol. The minimum absolute atomic E-state index is 0.0931. The number of hydrogen-bond acceptors (Lipinski definition) is 4. The van der Waals surface area contributed by atoms with Gasteiger partial charge in [0.2, 0.25) is 0 Å². The largest absolute Gasteiger partial charge is 0.393 e. The summed E-state index contributed by atoms with van der Waals surface area (Å²) >= 11 is 5.09. The van der Waals surface area contributed by atoms with E-state index in [1.54, 1.807) is 0 Å². The number of likely N-dealkylation sites (N-methyl/N-ethyl adjacent to an activating group) is 1. The molecule has 1 heterocycles. The van der Waals surface area contributed by atoms with E-state index in [4.69, 9.17) is 22.7 Å². The first kappa shape index (κ1) is 16.4. The van der Waals surface area contributed by atoms with Crippen LogP contribution in [-0.4, -0.2) is 47.4 Å². The number of hydrogen-bond donors (Lipinski definition) is 2. The summed E-state index contributed by atoms with van der Waals surface area (Å²) in [6, 6.07) is 10.3. The van der Waals surface area contributed by atoms with Gasteiger partial charge >= 0.3 is 0 Å². The van der Waals surface area contributed by atoms with Gasteiger partial charge in [0.25, 0.3) is 0 Å². The second kappa shape index (κ2) is 7.31. The molecule has 21 heavy (non-hydrogen) atoms. The fourth-order valence-electron chi connectivity index (χ4n) is 2.88. The van der Waals surface area contributed by atoms with E-state index in [0.29, 0.717) is 44.0 Å². The zero-order valence-electron chi connectivity index (χ0n) is 12.5. The van der Waals surface area contributed by atoms with Crippen molar-refractivity contribution in [2.75, 3.05) is 26.8 Å². The third kappa shape index (κ3) is 4.74. The maximum absolute atomic E-state index is 10.7. The van der Waals surface area contributed by atoms with Crippen molar-refractivity contribution >= 4 is 17.2 Å². The standard InChI is InChI=1S/C16H24N2O2S/c1-18(12-16(19)7-9-20-10-8-16)14(11-15(17)21)13-5-3-2-4-6-13/h2-6,14,19H,7-12H2,1H3,(H2,17,21). The maximum Gasteiger partial charge on any atom is 0.0818 e. The van der Waals surface area contributed by atoms with E-state index in [9.17, 15) is 5.11 Å². The molecule has 1 aliphatic rings. The smallest absolute Gasteiger partial charge is 0.0818 e. The first-order valence-corrected chi connectivity index (χ1v) is 7.75. The highest BCUT2D eigenvalue weighted by Crippen LogP contribution is 2.28. The number of rotatable bonds is 6. The molecule has 1 atom stereocenters. The molecule has 0 aromatic heterocycles. The fourth-order valence-corrected chi connectivity index (χ4v) is 3.04. The van der Waals surface area contributed by atoms with Crippen molar-refractivity contribution in [1.29, 1.82) is 0 Å². The van der Waals surface area contributed by atoms with Crippen molar-refractivity contribution in [3.8, 4) is 0 Å². The highest BCUT2D eigenvalue weighted by molar-refractivity contribution is 7.80.